The Bertz CT molecular complexity index is 129. The van der Waals surface area contributed by atoms with Crippen LogP contribution in [-0.2, 0) is 4.74 Å². The highest BCUT2D eigenvalue weighted by atomic mass is 16.5. The van der Waals surface area contributed by atoms with Crippen molar-refractivity contribution in [2.75, 3.05) is 13.7 Å². The number of ether oxygens (including phenoxy) is 1. The first-order valence-electron chi connectivity index (χ1n) is 6.55. The summed E-state index contributed by atoms with van der Waals surface area (Å²) in [6, 6.07) is 0. The van der Waals surface area contributed by atoms with E-state index in [1.807, 2.05) is 0 Å². The van der Waals surface area contributed by atoms with E-state index in [0.29, 0.717) is 0 Å². The van der Waals surface area contributed by atoms with Crippen molar-refractivity contribution in [1.29, 1.82) is 0 Å². The van der Waals surface area contributed by atoms with Gasteiger partial charge >= 0.3 is 0 Å². The lowest BCUT2D eigenvalue weighted by atomic mass is 10.1. The molecule has 0 aromatic rings. The quantitative estimate of drug-likeness (QED) is 0.356. The van der Waals surface area contributed by atoms with Gasteiger partial charge in [0.1, 0.15) is 0 Å². The van der Waals surface area contributed by atoms with Gasteiger partial charge in [0.15, 0.2) is 0 Å². The summed E-state index contributed by atoms with van der Waals surface area (Å²) in [4.78, 5) is 0. The Morgan fingerprint density at radius 2 is 1.40 bits per heavy atom. The predicted octanol–water partition coefficient (Wildman–Crippen LogP) is 4.72. The monoisotopic (exact) mass is 212 g/mol. The summed E-state index contributed by atoms with van der Waals surface area (Å²) in [7, 11) is 1.74. The van der Waals surface area contributed by atoms with E-state index in [0.717, 1.165) is 6.61 Å². The molecule has 0 aliphatic rings. The van der Waals surface area contributed by atoms with Crippen LogP contribution in [-0.4, -0.2) is 13.7 Å². The Hall–Kier alpha value is -0.300. The average molecular weight is 212 g/mol. The Kier molecular flexibility index (Phi) is 13.4. The zero-order valence-corrected chi connectivity index (χ0v) is 10.6. The SMILES string of the molecule is CCCCCCCCCC/C=C/COC. The minimum atomic E-state index is 0.761. The van der Waals surface area contributed by atoms with Crippen LogP contribution >= 0.6 is 0 Å². The third-order valence-corrected chi connectivity index (χ3v) is 2.65. The first-order chi connectivity index (χ1) is 7.41. The lowest BCUT2D eigenvalue weighted by Gasteiger charge is -1.99. The number of allylic oxidation sites excluding steroid dienone is 1. The first kappa shape index (κ1) is 14.7. The molecule has 0 radical (unpaired) electrons. The lowest BCUT2D eigenvalue weighted by molar-refractivity contribution is 0.233. The molecule has 0 aliphatic heterocycles. The molecule has 0 heterocycles. The van der Waals surface area contributed by atoms with Crippen LogP contribution in [0.25, 0.3) is 0 Å². The second-order valence-electron chi connectivity index (χ2n) is 4.19. The van der Waals surface area contributed by atoms with Crippen LogP contribution in [0.2, 0.25) is 0 Å². The fraction of sp³-hybridized carbons (Fsp3) is 0.857. The van der Waals surface area contributed by atoms with Crippen LogP contribution in [0.15, 0.2) is 12.2 Å². The van der Waals surface area contributed by atoms with E-state index in [1.165, 1.54) is 57.8 Å². The van der Waals surface area contributed by atoms with Gasteiger partial charge in [0.2, 0.25) is 0 Å². The molecule has 0 aliphatic carbocycles. The largest absolute Gasteiger partial charge is 0.381 e. The lowest BCUT2D eigenvalue weighted by Crippen LogP contribution is -1.81. The van der Waals surface area contributed by atoms with E-state index < -0.39 is 0 Å². The van der Waals surface area contributed by atoms with Crippen molar-refractivity contribution in [3.8, 4) is 0 Å². The second-order valence-corrected chi connectivity index (χ2v) is 4.19. The van der Waals surface area contributed by atoms with Gasteiger partial charge in [-0.05, 0) is 12.8 Å². The topological polar surface area (TPSA) is 9.23 Å². The van der Waals surface area contributed by atoms with Gasteiger partial charge in [-0.2, -0.15) is 0 Å². The van der Waals surface area contributed by atoms with Gasteiger partial charge in [-0.3, -0.25) is 0 Å². The Morgan fingerprint density at radius 1 is 0.800 bits per heavy atom. The molecule has 0 aromatic heterocycles. The highest BCUT2D eigenvalue weighted by molar-refractivity contribution is 4.80. The smallest absolute Gasteiger partial charge is 0.0643 e. The molecule has 0 saturated carbocycles. The van der Waals surface area contributed by atoms with Crippen molar-refractivity contribution in [2.45, 2.75) is 64.7 Å². The van der Waals surface area contributed by atoms with E-state index in [2.05, 4.69) is 19.1 Å². The molecule has 0 aromatic carbocycles. The van der Waals surface area contributed by atoms with Gasteiger partial charge in [0, 0.05) is 7.11 Å². The molecular formula is C14H28O. The van der Waals surface area contributed by atoms with Crippen LogP contribution < -0.4 is 0 Å². The summed E-state index contributed by atoms with van der Waals surface area (Å²) < 4.78 is 4.94. The third kappa shape index (κ3) is 13.7. The summed E-state index contributed by atoms with van der Waals surface area (Å²) in [6.45, 7) is 3.03. The van der Waals surface area contributed by atoms with E-state index in [1.54, 1.807) is 7.11 Å². The molecule has 0 rings (SSSR count). The van der Waals surface area contributed by atoms with Crippen LogP contribution in [0.1, 0.15) is 64.7 Å². The van der Waals surface area contributed by atoms with Crippen LogP contribution in [0.5, 0.6) is 0 Å². The molecule has 0 spiro atoms. The van der Waals surface area contributed by atoms with Crippen molar-refractivity contribution in [3.05, 3.63) is 12.2 Å². The normalized spacial score (nSPS) is 11.3. The Labute approximate surface area is 95.9 Å². The highest BCUT2D eigenvalue weighted by Gasteiger charge is 1.90. The van der Waals surface area contributed by atoms with E-state index >= 15 is 0 Å². The number of methoxy groups -OCH3 is 1. The summed E-state index contributed by atoms with van der Waals surface area (Å²) >= 11 is 0. The molecular weight excluding hydrogens is 184 g/mol. The molecule has 0 bridgehead atoms. The molecule has 1 heteroatoms. The summed E-state index contributed by atoms with van der Waals surface area (Å²) in [5, 5.41) is 0. The Balaban J connectivity index is 2.92. The van der Waals surface area contributed by atoms with Crippen molar-refractivity contribution < 1.29 is 4.74 Å². The van der Waals surface area contributed by atoms with Crippen LogP contribution in [0, 0.1) is 0 Å². The van der Waals surface area contributed by atoms with Gasteiger partial charge in [-0.1, -0.05) is 64.0 Å². The molecule has 0 atom stereocenters. The standard InChI is InChI=1S/C14H28O/c1-3-4-5-6-7-8-9-10-11-12-13-14-15-2/h12-13H,3-11,14H2,1-2H3/b13-12+. The van der Waals surface area contributed by atoms with Crippen LogP contribution in [0.4, 0.5) is 0 Å². The zero-order chi connectivity index (χ0) is 11.2. The maximum absolute atomic E-state index is 4.94. The highest BCUT2D eigenvalue weighted by Crippen LogP contribution is 2.09. The maximum Gasteiger partial charge on any atom is 0.0643 e. The second kappa shape index (κ2) is 13.7. The summed E-state index contributed by atoms with van der Waals surface area (Å²) in [6.07, 6.45) is 16.8. The van der Waals surface area contributed by atoms with Gasteiger partial charge in [-0.25, -0.2) is 0 Å². The van der Waals surface area contributed by atoms with Crippen LogP contribution in [0.3, 0.4) is 0 Å². The van der Waals surface area contributed by atoms with Crippen molar-refractivity contribution in [1.82, 2.24) is 0 Å². The fourth-order valence-electron chi connectivity index (χ4n) is 1.68. The Morgan fingerprint density at radius 3 is 2.00 bits per heavy atom. The first-order valence-corrected chi connectivity index (χ1v) is 6.55. The summed E-state index contributed by atoms with van der Waals surface area (Å²) in [5.41, 5.74) is 0. The van der Waals surface area contributed by atoms with Gasteiger partial charge in [-0.15, -0.1) is 0 Å². The third-order valence-electron chi connectivity index (χ3n) is 2.65. The van der Waals surface area contributed by atoms with Gasteiger partial charge < -0.3 is 4.74 Å². The van der Waals surface area contributed by atoms with Crippen molar-refractivity contribution in [3.63, 3.8) is 0 Å². The number of hydrogen-bond donors (Lipinski definition) is 0. The van der Waals surface area contributed by atoms with E-state index in [4.69, 9.17) is 4.74 Å². The van der Waals surface area contributed by atoms with E-state index in [9.17, 15) is 0 Å². The molecule has 90 valence electrons. The molecule has 0 fully saturated rings. The number of rotatable bonds is 11. The van der Waals surface area contributed by atoms with Gasteiger partial charge in [0.25, 0.3) is 0 Å². The molecule has 1 nitrogen and oxygen atoms in total. The van der Waals surface area contributed by atoms with Crippen molar-refractivity contribution in [2.24, 2.45) is 0 Å². The number of hydrogen-bond acceptors (Lipinski definition) is 1. The minimum absolute atomic E-state index is 0.761. The molecule has 0 N–H and O–H groups in total. The zero-order valence-electron chi connectivity index (χ0n) is 10.6. The summed E-state index contributed by atoms with van der Waals surface area (Å²) in [5.74, 6) is 0. The van der Waals surface area contributed by atoms with Gasteiger partial charge in [0.05, 0.1) is 6.61 Å². The average Bonchev–Trinajstić information content (AvgIpc) is 2.26. The predicted molar refractivity (Wildman–Crippen MR) is 68.2 cm³/mol. The van der Waals surface area contributed by atoms with E-state index in [-0.39, 0.29) is 0 Å². The molecule has 0 unspecified atom stereocenters. The fourth-order valence-corrected chi connectivity index (χ4v) is 1.68. The number of unbranched alkanes of at least 4 members (excludes halogenated alkanes) is 8. The molecule has 15 heavy (non-hydrogen) atoms. The molecule has 0 saturated heterocycles. The maximum atomic E-state index is 4.94. The minimum Gasteiger partial charge on any atom is -0.381 e. The molecule has 0 amide bonds. The van der Waals surface area contributed by atoms with Crippen molar-refractivity contribution >= 4 is 0 Å².